The first kappa shape index (κ1) is 20.9. The Morgan fingerprint density at radius 2 is 1.67 bits per heavy atom. The molecule has 0 saturated carbocycles. The third-order valence-corrected chi connectivity index (χ3v) is 4.55. The Morgan fingerprint density at radius 3 is 2.33 bits per heavy atom. The van der Waals surface area contributed by atoms with Gasteiger partial charge in [0, 0.05) is 6.07 Å². The quantitative estimate of drug-likeness (QED) is 0.577. The molecule has 1 unspecified atom stereocenters. The minimum Gasteiger partial charge on any atom is -0.490 e. The van der Waals surface area contributed by atoms with E-state index in [1.54, 1.807) is 18.2 Å². The minimum absolute atomic E-state index is 0.149. The lowest BCUT2D eigenvalue weighted by Crippen LogP contribution is -2.33. The molecule has 3 aromatic carbocycles. The van der Waals surface area contributed by atoms with Crippen LogP contribution in [0.1, 0.15) is 29.7 Å². The molecule has 0 spiro atoms. The third kappa shape index (κ3) is 5.86. The van der Waals surface area contributed by atoms with Crippen molar-refractivity contribution in [3.63, 3.8) is 0 Å². The zero-order chi connectivity index (χ0) is 21.2. The summed E-state index contributed by atoms with van der Waals surface area (Å²) in [5.74, 6) is 0.658. The Labute approximate surface area is 176 Å². The van der Waals surface area contributed by atoms with Gasteiger partial charge in [0.2, 0.25) is 0 Å². The van der Waals surface area contributed by atoms with Crippen molar-refractivity contribution in [3.05, 3.63) is 95.6 Å². The van der Waals surface area contributed by atoms with E-state index in [2.05, 4.69) is 11.4 Å². The Hall–Kier alpha value is -3.78. The van der Waals surface area contributed by atoms with Crippen LogP contribution in [0.3, 0.4) is 0 Å². The molecular weight excluding hydrogens is 376 g/mol. The first-order valence-electron chi connectivity index (χ1n) is 9.87. The molecule has 1 N–H and O–H groups in total. The second-order valence-corrected chi connectivity index (χ2v) is 6.72. The van der Waals surface area contributed by atoms with Gasteiger partial charge in [-0.1, -0.05) is 60.7 Å². The number of hydrogen-bond donors (Lipinski definition) is 1. The number of nitriles is 1. The maximum absolute atomic E-state index is 12.7. The second-order valence-electron chi connectivity index (χ2n) is 6.72. The average Bonchev–Trinajstić information content (AvgIpc) is 2.79. The van der Waals surface area contributed by atoms with E-state index in [-0.39, 0.29) is 18.6 Å². The number of carbonyl (C=O) groups excluding carboxylic acids is 1. The molecule has 5 nitrogen and oxygen atoms in total. The van der Waals surface area contributed by atoms with Gasteiger partial charge in [0.05, 0.1) is 24.3 Å². The number of carbonyl (C=O) groups is 1. The third-order valence-electron chi connectivity index (χ3n) is 4.55. The number of ether oxygens (including phenoxy) is 2. The smallest absolute Gasteiger partial charge is 0.258 e. The lowest BCUT2D eigenvalue weighted by atomic mass is 9.99. The molecule has 0 bridgehead atoms. The molecule has 0 radical (unpaired) electrons. The van der Waals surface area contributed by atoms with E-state index < -0.39 is 0 Å². The lowest BCUT2D eigenvalue weighted by molar-refractivity contribution is -0.123. The van der Waals surface area contributed by atoms with Gasteiger partial charge in [-0.05, 0) is 36.6 Å². The molecule has 0 heterocycles. The summed E-state index contributed by atoms with van der Waals surface area (Å²) in [7, 11) is 0. The van der Waals surface area contributed by atoms with E-state index in [0.717, 1.165) is 11.1 Å². The minimum atomic E-state index is -0.230. The van der Waals surface area contributed by atoms with Gasteiger partial charge in [-0.15, -0.1) is 0 Å². The maximum Gasteiger partial charge on any atom is 0.258 e. The molecule has 0 aliphatic heterocycles. The predicted molar refractivity (Wildman–Crippen MR) is 115 cm³/mol. The van der Waals surface area contributed by atoms with E-state index in [9.17, 15) is 4.79 Å². The van der Waals surface area contributed by atoms with Crippen molar-refractivity contribution in [2.45, 2.75) is 19.4 Å². The number of nitrogens with one attached hydrogen (secondary N) is 1. The fourth-order valence-corrected chi connectivity index (χ4v) is 3.13. The molecule has 1 atom stereocenters. The summed E-state index contributed by atoms with van der Waals surface area (Å²) in [6.07, 6.45) is 0.678. The molecular formula is C25H24N2O3. The zero-order valence-electron chi connectivity index (χ0n) is 16.9. The highest BCUT2D eigenvalue weighted by atomic mass is 16.5. The second kappa shape index (κ2) is 10.7. The van der Waals surface area contributed by atoms with Crippen LogP contribution < -0.4 is 14.8 Å². The van der Waals surface area contributed by atoms with Crippen LogP contribution in [-0.2, 0) is 11.2 Å². The van der Waals surface area contributed by atoms with Crippen molar-refractivity contribution >= 4 is 5.91 Å². The standard InChI is InChI=1S/C25H24N2O3/c1-2-29-24-16-20(17-26)13-14-23(24)30-18-25(28)27-22(21-11-7-4-8-12-21)15-19-9-5-3-6-10-19/h3-14,16,22H,2,15,18H2,1H3,(H,27,28). The highest BCUT2D eigenvalue weighted by Gasteiger charge is 2.16. The molecule has 3 rings (SSSR count). The van der Waals surface area contributed by atoms with Gasteiger partial charge in [-0.3, -0.25) is 4.79 Å². The summed E-state index contributed by atoms with van der Waals surface area (Å²) in [6.45, 7) is 2.14. The van der Waals surface area contributed by atoms with E-state index in [4.69, 9.17) is 14.7 Å². The normalized spacial score (nSPS) is 11.2. The first-order chi connectivity index (χ1) is 14.7. The Morgan fingerprint density at radius 1 is 0.967 bits per heavy atom. The van der Waals surface area contributed by atoms with Crippen LogP contribution in [0.25, 0.3) is 0 Å². The maximum atomic E-state index is 12.7. The molecule has 30 heavy (non-hydrogen) atoms. The molecule has 3 aromatic rings. The van der Waals surface area contributed by atoms with E-state index in [1.165, 1.54) is 0 Å². The van der Waals surface area contributed by atoms with Gasteiger partial charge < -0.3 is 14.8 Å². The van der Waals surface area contributed by atoms with E-state index >= 15 is 0 Å². The average molecular weight is 400 g/mol. The number of nitrogens with zero attached hydrogens (tertiary/aromatic N) is 1. The molecule has 5 heteroatoms. The van der Waals surface area contributed by atoms with Gasteiger partial charge in [-0.25, -0.2) is 0 Å². The van der Waals surface area contributed by atoms with Gasteiger partial charge in [-0.2, -0.15) is 5.26 Å². The van der Waals surface area contributed by atoms with Crippen LogP contribution in [0, 0.1) is 11.3 Å². The number of rotatable bonds is 9. The number of amides is 1. The van der Waals surface area contributed by atoms with Crippen molar-refractivity contribution in [1.82, 2.24) is 5.32 Å². The molecule has 0 fully saturated rings. The molecule has 0 aliphatic carbocycles. The summed E-state index contributed by atoms with van der Waals surface area (Å²) in [5.41, 5.74) is 2.64. The monoisotopic (exact) mass is 400 g/mol. The van der Waals surface area contributed by atoms with Crippen LogP contribution in [0.15, 0.2) is 78.9 Å². The van der Waals surface area contributed by atoms with Crippen LogP contribution in [0.2, 0.25) is 0 Å². The van der Waals surface area contributed by atoms with Crippen molar-refractivity contribution in [3.8, 4) is 17.6 Å². The van der Waals surface area contributed by atoms with E-state index in [0.29, 0.717) is 30.1 Å². The summed E-state index contributed by atoms with van der Waals surface area (Å²) in [6, 6.07) is 26.7. The van der Waals surface area contributed by atoms with Crippen LogP contribution in [0.4, 0.5) is 0 Å². The lowest BCUT2D eigenvalue weighted by Gasteiger charge is -2.20. The SMILES string of the molecule is CCOc1cc(C#N)ccc1OCC(=O)NC(Cc1ccccc1)c1ccccc1. The Balaban J connectivity index is 1.68. The van der Waals surface area contributed by atoms with Crippen LogP contribution in [-0.4, -0.2) is 19.1 Å². The zero-order valence-corrected chi connectivity index (χ0v) is 16.9. The van der Waals surface area contributed by atoms with Gasteiger partial charge in [0.1, 0.15) is 0 Å². The summed E-state index contributed by atoms with van der Waals surface area (Å²) >= 11 is 0. The largest absolute Gasteiger partial charge is 0.490 e. The van der Waals surface area contributed by atoms with Crippen molar-refractivity contribution in [2.75, 3.05) is 13.2 Å². The Bertz CT molecular complexity index is 998. The van der Waals surface area contributed by atoms with Crippen LogP contribution >= 0.6 is 0 Å². The molecule has 0 aromatic heterocycles. The fraction of sp³-hybridized carbons (Fsp3) is 0.200. The molecule has 152 valence electrons. The summed E-state index contributed by atoms with van der Waals surface area (Å²) in [5, 5.41) is 12.1. The molecule has 1 amide bonds. The highest BCUT2D eigenvalue weighted by molar-refractivity contribution is 5.78. The van der Waals surface area contributed by atoms with Crippen LogP contribution in [0.5, 0.6) is 11.5 Å². The fourth-order valence-electron chi connectivity index (χ4n) is 3.13. The molecule has 0 saturated heterocycles. The predicted octanol–water partition coefficient (Wildman–Crippen LogP) is 4.44. The summed E-state index contributed by atoms with van der Waals surface area (Å²) < 4.78 is 11.2. The summed E-state index contributed by atoms with van der Waals surface area (Å²) in [4.78, 5) is 12.7. The van der Waals surface area contributed by atoms with Gasteiger partial charge in [0.15, 0.2) is 18.1 Å². The highest BCUT2D eigenvalue weighted by Crippen LogP contribution is 2.28. The Kier molecular flexibility index (Phi) is 7.45. The topological polar surface area (TPSA) is 71.3 Å². The molecule has 0 aliphatic rings. The van der Waals surface area contributed by atoms with E-state index in [1.807, 2.05) is 67.6 Å². The van der Waals surface area contributed by atoms with Crippen molar-refractivity contribution in [2.24, 2.45) is 0 Å². The number of benzene rings is 3. The number of hydrogen-bond acceptors (Lipinski definition) is 4. The van der Waals surface area contributed by atoms with Crippen molar-refractivity contribution in [1.29, 1.82) is 5.26 Å². The van der Waals surface area contributed by atoms with Gasteiger partial charge >= 0.3 is 0 Å². The van der Waals surface area contributed by atoms with Crippen molar-refractivity contribution < 1.29 is 14.3 Å². The first-order valence-corrected chi connectivity index (χ1v) is 9.87. The van der Waals surface area contributed by atoms with Gasteiger partial charge in [0.25, 0.3) is 5.91 Å².